The van der Waals surface area contributed by atoms with Crippen molar-refractivity contribution in [2.75, 3.05) is 0 Å². The fourth-order valence-corrected chi connectivity index (χ4v) is 5.62. The predicted octanol–water partition coefficient (Wildman–Crippen LogP) is 4.37. The predicted molar refractivity (Wildman–Crippen MR) is 109 cm³/mol. The Bertz CT molecular complexity index is 1040. The van der Waals surface area contributed by atoms with Crippen LogP contribution in [0.3, 0.4) is 0 Å². The second-order valence-electron chi connectivity index (χ2n) is 7.09. The number of aryl methyl sites for hydroxylation is 5. The van der Waals surface area contributed by atoms with Gasteiger partial charge in [0.25, 0.3) is 5.56 Å². The molecule has 26 heavy (non-hydrogen) atoms. The summed E-state index contributed by atoms with van der Waals surface area (Å²) in [6.07, 6.45) is 11.8. The SMILES string of the molecule is Cc1cncn1CCCn1c(=S)[nH]c(=O)c2c3c(sc21)CCCCCC3. The highest BCUT2D eigenvalue weighted by Crippen LogP contribution is 2.33. The number of nitrogens with zero attached hydrogens (tertiary/aromatic N) is 3. The number of imidazole rings is 1. The first kappa shape index (κ1) is 17.7. The van der Waals surface area contributed by atoms with E-state index < -0.39 is 0 Å². The molecule has 7 heteroatoms. The van der Waals surface area contributed by atoms with Crippen molar-refractivity contribution in [2.45, 2.75) is 65.0 Å². The highest BCUT2D eigenvalue weighted by molar-refractivity contribution is 7.71. The normalized spacial score (nSPS) is 15.0. The fourth-order valence-electron chi connectivity index (χ4n) is 3.87. The van der Waals surface area contributed by atoms with Crippen molar-refractivity contribution >= 4 is 33.8 Å². The Morgan fingerprint density at radius 1 is 1.23 bits per heavy atom. The molecule has 0 radical (unpaired) electrons. The third kappa shape index (κ3) is 3.30. The number of thiophene rings is 1. The summed E-state index contributed by atoms with van der Waals surface area (Å²) >= 11 is 7.28. The highest BCUT2D eigenvalue weighted by atomic mass is 32.1. The number of hydrogen-bond donors (Lipinski definition) is 1. The number of rotatable bonds is 4. The molecule has 0 amide bonds. The van der Waals surface area contributed by atoms with E-state index in [2.05, 4.69) is 26.0 Å². The van der Waals surface area contributed by atoms with E-state index in [1.165, 1.54) is 41.8 Å². The van der Waals surface area contributed by atoms with Gasteiger partial charge in [-0.3, -0.25) is 9.78 Å². The molecule has 0 atom stereocenters. The zero-order valence-electron chi connectivity index (χ0n) is 15.1. The summed E-state index contributed by atoms with van der Waals surface area (Å²) in [5.41, 5.74) is 2.43. The zero-order valence-corrected chi connectivity index (χ0v) is 16.7. The summed E-state index contributed by atoms with van der Waals surface area (Å²) in [5, 5.41) is 0.888. The maximum atomic E-state index is 12.6. The van der Waals surface area contributed by atoms with E-state index in [0.29, 0.717) is 4.77 Å². The summed E-state index contributed by atoms with van der Waals surface area (Å²) in [6.45, 7) is 3.78. The number of hydrogen-bond acceptors (Lipinski definition) is 4. The van der Waals surface area contributed by atoms with Gasteiger partial charge < -0.3 is 9.13 Å². The van der Waals surface area contributed by atoms with Crippen molar-refractivity contribution in [3.8, 4) is 0 Å². The lowest BCUT2D eigenvalue weighted by atomic mass is 9.98. The Morgan fingerprint density at radius 2 is 2.04 bits per heavy atom. The number of aromatic nitrogens is 4. The maximum Gasteiger partial charge on any atom is 0.260 e. The van der Waals surface area contributed by atoms with Gasteiger partial charge in [-0.05, 0) is 56.8 Å². The highest BCUT2D eigenvalue weighted by Gasteiger charge is 2.19. The van der Waals surface area contributed by atoms with Gasteiger partial charge in [-0.1, -0.05) is 12.8 Å². The second kappa shape index (κ2) is 7.48. The first-order valence-electron chi connectivity index (χ1n) is 9.39. The van der Waals surface area contributed by atoms with Crippen LogP contribution in [-0.2, 0) is 25.9 Å². The van der Waals surface area contributed by atoms with Gasteiger partial charge in [-0.2, -0.15) is 0 Å². The first-order valence-corrected chi connectivity index (χ1v) is 10.6. The molecule has 3 aromatic heterocycles. The summed E-state index contributed by atoms with van der Waals surface area (Å²) in [6, 6.07) is 0. The Kier molecular flexibility index (Phi) is 5.09. The Balaban J connectivity index is 1.70. The molecule has 0 saturated carbocycles. The van der Waals surface area contributed by atoms with Crippen molar-refractivity contribution in [1.82, 2.24) is 19.1 Å². The van der Waals surface area contributed by atoms with Crippen LogP contribution in [0.1, 0.15) is 48.2 Å². The van der Waals surface area contributed by atoms with Crippen LogP contribution in [0.15, 0.2) is 17.3 Å². The molecular weight excluding hydrogens is 364 g/mol. The van der Waals surface area contributed by atoms with Crippen LogP contribution in [0.5, 0.6) is 0 Å². The lowest BCUT2D eigenvalue weighted by molar-refractivity contribution is 0.557. The minimum Gasteiger partial charge on any atom is -0.335 e. The molecule has 4 rings (SSSR count). The topological polar surface area (TPSA) is 55.6 Å². The molecule has 1 aliphatic rings. The van der Waals surface area contributed by atoms with Crippen LogP contribution in [-0.4, -0.2) is 19.1 Å². The van der Waals surface area contributed by atoms with Gasteiger partial charge in [0.2, 0.25) is 0 Å². The molecule has 0 unspecified atom stereocenters. The van der Waals surface area contributed by atoms with Crippen LogP contribution in [0.2, 0.25) is 0 Å². The minimum absolute atomic E-state index is 0.00947. The standard InChI is InChI=1S/C19H24N4OS2/c1-13-11-20-12-22(13)9-6-10-23-18-16(17(24)21-19(23)25)14-7-4-2-3-5-8-15(14)26-18/h11-12H,2-10H2,1H3,(H,21,24,25). The van der Waals surface area contributed by atoms with Gasteiger partial charge in [0.05, 0.1) is 11.7 Å². The fraction of sp³-hybridized carbons (Fsp3) is 0.526. The smallest absolute Gasteiger partial charge is 0.260 e. The number of nitrogens with one attached hydrogen (secondary N) is 1. The van der Waals surface area contributed by atoms with E-state index >= 15 is 0 Å². The molecule has 138 valence electrons. The molecule has 0 fully saturated rings. The van der Waals surface area contributed by atoms with Crippen molar-refractivity contribution in [2.24, 2.45) is 0 Å². The number of H-pyrrole nitrogens is 1. The monoisotopic (exact) mass is 388 g/mol. The third-order valence-electron chi connectivity index (χ3n) is 5.29. The van der Waals surface area contributed by atoms with E-state index in [-0.39, 0.29) is 5.56 Å². The average molecular weight is 389 g/mol. The van der Waals surface area contributed by atoms with Gasteiger partial charge in [0.15, 0.2) is 4.77 Å². The van der Waals surface area contributed by atoms with Crippen LogP contribution < -0.4 is 5.56 Å². The van der Waals surface area contributed by atoms with Crippen molar-refractivity contribution in [3.05, 3.63) is 43.8 Å². The molecule has 0 bridgehead atoms. The lowest BCUT2D eigenvalue weighted by Gasteiger charge is -2.10. The average Bonchev–Trinajstić information content (AvgIpc) is 3.14. The zero-order chi connectivity index (χ0) is 18.1. The van der Waals surface area contributed by atoms with Crippen molar-refractivity contribution < 1.29 is 0 Å². The Hall–Kier alpha value is -1.73. The molecule has 5 nitrogen and oxygen atoms in total. The van der Waals surface area contributed by atoms with E-state index in [9.17, 15) is 4.79 Å². The molecule has 0 spiro atoms. The minimum atomic E-state index is -0.00947. The molecular formula is C19H24N4OS2. The lowest BCUT2D eigenvalue weighted by Crippen LogP contribution is -2.15. The molecule has 3 aromatic rings. The quantitative estimate of drug-likeness (QED) is 0.675. The van der Waals surface area contributed by atoms with Crippen molar-refractivity contribution in [3.63, 3.8) is 0 Å². The molecule has 1 N–H and O–H groups in total. The van der Waals surface area contributed by atoms with Crippen LogP contribution in [0, 0.1) is 11.7 Å². The van der Waals surface area contributed by atoms with Gasteiger partial charge >= 0.3 is 0 Å². The Labute approximate surface area is 161 Å². The Morgan fingerprint density at radius 3 is 2.81 bits per heavy atom. The third-order valence-corrected chi connectivity index (χ3v) is 6.93. The molecule has 0 saturated heterocycles. The largest absolute Gasteiger partial charge is 0.335 e. The summed E-state index contributed by atoms with van der Waals surface area (Å²) in [5.74, 6) is 0. The number of fused-ring (bicyclic) bond motifs is 3. The van der Waals surface area contributed by atoms with Gasteiger partial charge in [-0.15, -0.1) is 11.3 Å². The molecule has 0 aliphatic heterocycles. The first-order chi connectivity index (χ1) is 12.6. The van der Waals surface area contributed by atoms with Crippen LogP contribution in [0.4, 0.5) is 0 Å². The molecule has 3 heterocycles. The van der Waals surface area contributed by atoms with Crippen LogP contribution in [0.25, 0.3) is 10.2 Å². The van der Waals surface area contributed by atoms with Crippen LogP contribution >= 0.6 is 23.6 Å². The van der Waals surface area contributed by atoms with Gasteiger partial charge in [0, 0.05) is 29.9 Å². The van der Waals surface area contributed by atoms with E-state index in [1.807, 2.05) is 12.5 Å². The summed E-state index contributed by atoms with van der Waals surface area (Å²) in [4.78, 5) is 22.2. The molecule has 0 aromatic carbocycles. The van der Waals surface area contributed by atoms with E-state index in [4.69, 9.17) is 12.2 Å². The summed E-state index contributed by atoms with van der Waals surface area (Å²) in [7, 11) is 0. The number of aromatic amines is 1. The van der Waals surface area contributed by atoms with Crippen molar-refractivity contribution in [1.29, 1.82) is 0 Å². The van der Waals surface area contributed by atoms with Gasteiger partial charge in [-0.25, -0.2) is 4.98 Å². The molecule has 1 aliphatic carbocycles. The van der Waals surface area contributed by atoms with Gasteiger partial charge in [0.1, 0.15) is 4.83 Å². The maximum absolute atomic E-state index is 12.6. The second-order valence-corrected chi connectivity index (χ2v) is 8.56. The van der Waals surface area contributed by atoms with E-state index in [1.54, 1.807) is 11.3 Å². The van der Waals surface area contributed by atoms with E-state index in [0.717, 1.165) is 42.6 Å². The summed E-state index contributed by atoms with van der Waals surface area (Å²) < 4.78 is 4.83.